The molecular weight excluding hydrogens is 166 g/mol. The van der Waals surface area contributed by atoms with E-state index in [-0.39, 0.29) is 0 Å². The van der Waals surface area contributed by atoms with Gasteiger partial charge in [-0.15, -0.1) is 0 Å². The molecule has 64 valence electrons. The van der Waals surface area contributed by atoms with Crippen LogP contribution in [0, 0.1) is 0 Å². The number of thioether (sulfide) groups is 1. The summed E-state index contributed by atoms with van der Waals surface area (Å²) < 4.78 is 0. The molecule has 1 aromatic carbocycles. The summed E-state index contributed by atoms with van der Waals surface area (Å²) in [4.78, 5) is 1.40. The molecule has 0 saturated carbocycles. The molecule has 1 aromatic rings. The van der Waals surface area contributed by atoms with Crippen LogP contribution in [0.5, 0.6) is 0 Å². The maximum atomic E-state index is 3.50. The Kier molecular flexibility index (Phi) is 2.26. The number of para-hydroxylation sites is 1. The Labute approximate surface area is 77.6 Å². The Balaban J connectivity index is 2.11. The first-order chi connectivity index (χ1) is 5.90. The molecule has 0 aromatic heterocycles. The van der Waals surface area contributed by atoms with E-state index >= 15 is 0 Å². The van der Waals surface area contributed by atoms with E-state index in [1.807, 2.05) is 11.8 Å². The Morgan fingerprint density at radius 2 is 2.25 bits per heavy atom. The van der Waals surface area contributed by atoms with Crippen LogP contribution in [0.2, 0.25) is 0 Å². The van der Waals surface area contributed by atoms with Crippen LogP contribution in [0.4, 0.5) is 5.69 Å². The van der Waals surface area contributed by atoms with E-state index in [4.69, 9.17) is 0 Å². The molecule has 0 saturated heterocycles. The van der Waals surface area contributed by atoms with Gasteiger partial charge in [0.1, 0.15) is 0 Å². The first-order valence-electron chi connectivity index (χ1n) is 4.42. The van der Waals surface area contributed by atoms with Crippen LogP contribution in [-0.4, -0.2) is 5.37 Å². The summed E-state index contributed by atoms with van der Waals surface area (Å²) in [5, 5.41) is 4.10. The summed E-state index contributed by atoms with van der Waals surface area (Å²) in [6, 6.07) is 8.52. The number of rotatable bonds is 2. The minimum atomic E-state index is 0.604. The predicted octanol–water partition coefficient (Wildman–Crippen LogP) is 3.33. The monoisotopic (exact) mass is 179 g/mol. The highest BCUT2D eigenvalue weighted by atomic mass is 32.2. The van der Waals surface area contributed by atoms with Crippen molar-refractivity contribution in [3.8, 4) is 0 Å². The SMILES string of the molecule is CCC[C@@H]1Nc2ccccc2S1. The van der Waals surface area contributed by atoms with E-state index in [0.29, 0.717) is 5.37 Å². The number of hydrogen-bond acceptors (Lipinski definition) is 2. The van der Waals surface area contributed by atoms with Crippen molar-refractivity contribution in [3.05, 3.63) is 24.3 Å². The molecule has 0 unspecified atom stereocenters. The van der Waals surface area contributed by atoms with Crippen LogP contribution in [-0.2, 0) is 0 Å². The van der Waals surface area contributed by atoms with Crippen molar-refractivity contribution < 1.29 is 0 Å². The third-order valence-electron chi connectivity index (χ3n) is 2.02. The van der Waals surface area contributed by atoms with Gasteiger partial charge in [0.15, 0.2) is 0 Å². The molecule has 0 amide bonds. The fourth-order valence-corrected chi connectivity index (χ4v) is 2.70. The van der Waals surface area contributed by atoms with Crippen LogP contribution in [0.1, 0.15) is 19.8 Å². The maximum absolute atomic E-state index is 3.50. The molecule has 0 fully saturated rings. The van der Waals surface area contributed by atoms with E-state index in [1.165, 1.54) is 23.4 Å². The molecule has 1 aliphatic heterocycles. The second kappa shape index (κ2) is 3.40. The zero-order valence-corrected chi connectivity index (χ0v) is 8.03. The van der Waals surface area contributed by atoms with E-state index < -0.39 is 0 Å². The topological polar surface area (TPSA) is 12.0 Å². The van der Waals surface area contributed by atoms with Crippen LogP contribution in [0.15, 0.2) is 29.2 Å². The third kappa shape index (κ3) is 1.44. The summed E-state index contributed by atoms with van der Waals surface area (Å²) in [7, 11) is 0. The summed E-state index contributed by atoms with van der Waals surface area (Å²) in [6.07, 6.45) is 2.50. The van der Waals surface area contributed by atoms with Gasteiger partial charge in [-0.2, -0.15) is 0 Å². The largest absolute Gasteiger partial charge is 0.372 e. The molecule has 0 bridgehead atoms. The second-order valence-electron chi connectivity index (χ2n) is 3.04. The minimum Gasteiger partial charge on any atom is -0.372 e. The number of nitrogens with one attached hydrogen (secondary N) is 1. The standard InChI is InChI=1S/C10H13NS/c1-2-5-10-11-8-6-3-4-7-9(8)12-10/h3-4,6-7,10-11H,2,5H2,1H3/t10-/m1/s1. The molecule has 2 heteroatoms. The van der Waals surface area contributed by atoms with Crippen molar-refractivity contribution in [2.45, 2.75) is 30.0 Å². The summed E-state index contributed by atoms with van der Waals surface area (Å²) in [5.74, 6) is 0. The van der Waals surface area contributed by atoms with Crippen molar-refractivity contribution in [1.29, 1.82) is 0 Å². The van der Waals surface area contributed by atoms with Gasteiger partial charge in [-0.3, -0.25) is 0 Å². The Morgan fingerprint density at radius 1 is 1.42 bits per heavy atom. The molecular formula is C10H13NS. The first kappa shape index (κ1) is 7.99. The van der Waals surface area contributed by atoms with Crippen LogP contribution in [0.25, 0.3) is 0 Å². The fraction of sp³-hybridized carbons (Fsp3) is 0.400. The highest BCUT2D eigenvalue weighted by molar-refractivity contribution is 8.00. The van der Waals surface area contributed by atoms with E-state index in [1.54, 1.807) is 0 Å². The number of benzene rings is 1. The van der Waals surface area contributed by atoms with Gasteiger partial charge in [0.2, 0.25) is 0 Å². The van der Waals surface area contributed by atoms with Gasteiger partial charge in [0.05, 0.1) is 5.37 Å². The Bertz CT molecular complexity index is 247. The molecule has 1 aliphatic rings. The van der Waals surface area contributed by atoms with Gasteiger partial charge in [0.25, 0.3) is 0 Å². The van der Waals surface area contributed by atoms with E-state index in [0.717, 1.165) is 0 Å². The number of hydrogen-bond donors (Lipinski definition) is 1. The molecule has 0 spiro atoms. The molecule has 12 heavy (non-hydrogen) atoms. The second-order valence-corrected chi connectivity index (χ2v) is 4.28. The molecule has 0 aliphatic carbocycles. The lowest BCUT2D eigenvalue weighted by atomic mass is 10.3. The Hall–Kier alpha value is -0.630. The Morgan fingerprint density at radius 3 is 3.00 bits per heavy atom. The van der Waals surface area contributed by atoms with E-state index in [2.05, 4.69) is 36.5 Å². The van der Waals surface area contributed by atoms with Gasteiger partial charge in [-0.1, -0.05) is 37.2 Å². The number of anilines is 1. The van der Waals surface area contributed by atoms with Crippen molar-refractivity contribution in [3.63, 3.8) is 0 Å². The average molecular weight is 179 g/mol. The summed E-state index contributed by atoms with van der Waals surface area (Å²) in [5.41, 5.74) is 1.31. The third-order valence-corrected chi connectivity index (χ3v) is 3.27. The van der Waals surface area contributed by atoms with E-state index in [9.17, 15) is 0 Å². The lowest BCUT2D eigenvalue weighted by molar-refractivity contribution is 0.803. The quantitative estimate of drug-likeness (QED) is 0.747. The minimum absolute atomic E-state index is 0.604. The zero-order chi connectivity index (χ0) is 8.39. The lowest BCUT2D eigenvalue weighted by Gasteiger charge is -2.06. The highest BCUT2D eigenvalue weighted by Crippen LogP contribution is 2.39. The summed E-state index contributed by atoms with van der Waals surface area (Å²) >= 11 is 1.95. The molecule has 1 nitrogen and oxygen atoms in total. The molecule has 0 radical (unpaired) electrons. The van der Waals surface area contributed by atoms with Crippen LogP contribution >= 0.6 is 11.8 Å². The van der Waals surface area contributed by atoms with Crippen molar-refractivity contribution >= 4 is 17.4 Å². The maximum Gasteiger partial charge on any atom is 0.0769 e. The van der Waals surface area contributed by atoms with Gasteiger partial charge >= 0.3 is 0 Å². The zero-order valence-electron chi connectivity index (χ0n) is 7.21. The normalized spacial score (nSPS) is 20.2. The van der Waals surface area contributed by atoms with Crippen molar-refractivity contribution in [2.75, 3.05) is 5.32 Å². The van der Waals surface area contributed by atoms with Crippen molar-refractivity contribution in [2.24, 2.45) is 0 Å². The van der Waals surface area contributed by atoms with Gasteiger partial charge in [-0.05, 0) is 18.6 Å². The predicted molar refractivity (Wildman–Crippen MR) is 54.6 cm³/mol. The fourth-order valence-electron chi connectivity index (χ4n) is 1.44. The van der Waals surface area contributed by atoms with Crippen molar-refractivity contribution in [1.82, 2.24) is 0 Å². The summed E-state index contributed by atoms with van der Waals surface area (Å²) in [6.45, 7) is 2.23. The van der Waals surface area contributed by atoms with Gasteiger partial charge in [-0.25, -0.2) is 0 Å². The van der Waals surface area contributed by atoms with Crippen LogP contribution < -0.4 is 5.32 Å². The molecule has 1 atom stereocenters. The van der Waals surface area contributed by atoms with Gasteiger partial charge in [0, 0.05) is 10.6 Å². The molecule has 2 rings (SSSR count). The first-order valence-corrected chi connectivity index (χ1v) is 5.30. The lowest BCUT2D eigenvalue weighted by Crippen LogP contribution is -2.08. The smallest absolute Gasteiger partial charge is 0.0769 e. The highest BCUT2D eigenvalue weighted by Gasteiger charge is 2.18. The molecule has 1 heterocycles. The van der Waals surface area contributed by atoms with Gasteiger partial charge < -0.3 is 5.32 Å². The molecule has 1 N–H and O–H groups in total. The average Bonchev–Trinajstić information content (AvgIpc) is 2.47. The number of fused-ring (bicyclic) bond motifs is 1. The van der Waals surface area contributed by atoms with Crippen LogP contribution in [0.3, 0.4) is 0 Å².